The average molecular weight is 310 g/mol. The Morgan fingerprint density at radius 2 is 1.65 bits per heavy atom. The molecule has 120 valence electrons. The molecule has 0 heterocycles. The van der Waals surface area contributed by atoms with Crippen LogP contribution >= 0.6 is 0 Å². The monoisotopic (exact) mass is 310 g/mol. The van der Waals surface area contributed by atoms with Crippen LogP contribution in [0.25, 0.3) is 0 Å². The Bertz CT molecular complexity index is 686. The summed E-state index contributed by atoms with van der Waals surface area (Å²) in [6.07, 6.45) is 0.901. The van der Waals surface area contributed by atoms with E-state index in [0.717, 1.165) is 12.0 Å². The molecule has 0 amide bonds. The number of methoxy groups -OCH3 is 1. The molecule has 3 heteroatoms. The number of Topliss-reactive ketones (excluding diaryl/α,β-unsaturated/α-hetero) is 2. The highest BCUT2D eigenvalue weighted by atomic mass is 16.5. The Labute approximate surface area is 137 Å². The van der Waals surface area contributed by atoms with Crippen LogP contribution in [0.3, 0.4) is 0 Å². The molecule has 1 unspecified atom stereocenters. The second-order valence-corrected chi connectivity index (χ2v) is 5.69. The summed E-state index contributed by atoms with van der Waals surface area (Å²) >= 11 is 0. The van der Waals surface area contributed by atoms with Crippen LogP contribution in [0.15, 0.2) is 48.5 Å². The van der Waals surface area contributed by atoms with Gasteiger partial charge in [0.2, 0.25) is 0 Å². The van der Waals surface area contributed by atoms with Gasteiger partial charge in [0.25, 0.3) is 0 Å². The average Bonchev–Trinajstić information content (AvgIpc) is 2.61. The van der Waals surface area contributed by atoms with Crippen molar-refractivity contribution in [1.29, 1.82) is 0 Å². The second kappa shape index (κ2) is 7.73. The van der Waals surface area contributed by atoms with Gasteiger partial charge < -0.3 is 4.74 Å². The van der Waals surface area contributed by atoms with E-state index in [2.05, 4.69) is 13.8 Å². The van der Waals surface area contributed by atoms with Crippen molar-refractivity contribution in [2.45, 2.75) is 32.6 Å². The third kappa shape index (κ3) is 4.28. The molecule has 0 fully saturated rings. The highest BCUT2D eigenvalue weighted by Gasteiger charge is 2.15. The number of hydrogen-bond donors (Lipinski definition) is 0. The predicted molar refractivity (Wildman–Crippen MR) is 91.4 cm³/mol. The van der Waals surface area contributed by atoms with E-state index in [1.165, 1.54) is 0 Å². The van der Waals surface area contributed by atoms with E-state index >= 15 is 0 Å². The van der Waals surface area contributed by atoms with Gasteiger partial charge in [-0.15, -0.1) is 0 Å². The second-order valence-electron chi connectivity index (χ2n) is 5.69. The minimum absolute atomic E-state index is 0.115. The van der Waals surface area contributed by atoms with E-state index in [4.69, 9.17) is 4.74 Å². The number of carbonyl (C=O) groups is 2. The van der Waals surface area contributed by atoms with Crippen molar-refractivity contribution < 1.29 is 14.3 Å². The summed E-state index contributed by atoms with van der Waals surface area (Å²) in [4.78, 5) is 24.6. The largest absolute Gasteiger partial charge is 0.497 e. The van der Waals surface area contributed by atoms with Crippen LogP contribution in [0.5, 0.6) is 5.75 Å². The van der Waals surface area contributed by atoms with Crippen molar-refractivity contribution in [2.75, 3.05) is 7.11 Å². The smallest absolute Gasteiger partial charge is 0.170 e. The molecule has 0 saturated heterocycles. The molecule has 0 aliphatic heterocycles. The van der Waals surface area contributed by atoms with Crippen LogP contribution < -0.4 is 4.74 Å². The summed E-state index contributed by atoms with van der Waals surface area (Å²) in [5, 5.41) is 0. The molecule has 0 aliphatic rings. The lowest BCUT2D eigenvalue weighted by Gasteiger charge is -2.10. The van der Waals surface area contributed by atoms with Crippen molar-refractivity contribution >= 4 is 11.6 Å². The predicted octanol–water partition coefficient (Wildman–Crippen LogP) is 4.66. The Morgan fingerprint density at radius 1 is 1.00 bits per heavy atom. The molecule has 0 saturated carbocycles. The molecule has 0 aliphatic carbocycles. The molecule has 3 nitrogen and oxygen atoms in total. The Balaban J connectivity index is 2.10. The normalized spacial score (nSPS) is 11.8. The zero-order valence-corrected chi connectivity index (χ0v) is 13.8. The van der Waals surface area contributed by atoms with Crippen molar-refractivity contribution in [3.8, 4) is 5.75 Å². The van der Waals surface area contributed by atoms with Gasteiger partial charge in [0.1, 0.15) is 5.75 Å². The quantitative estimate of drug-likeness (QED) is 0.551. The maximum absolute atomic E-state index is 12.4. The standard InChI is InChI=1S/C20H22O3/c1-4-14(2)16-6-5-7-17(12-16)20(22)13-19(21)15-8-10-18(23-3)11-9-15/h5-12,14H,4,13H2,1-3H3. The van der Waals surface area contributed by atoms with Crippen LogP contribution in [0.1, 0.15) is 58.9 Å². The molecule has 2 rings (SSSR count). The SMILES string of the molecule is CCC(C)c1cccc(C(=O)CC(=O)c2ccc(OC)cc2)c1. The number of carbonyl (C=O) groups excluding carboxylic acids is 2. The minimum Gasteiger partial charge on any atom is -0.497 e. The molecule has 0 aromatic heterocycles. The topological polar surface area (TPSA) is 43.4 Å². The van der Waals surface area contributed by atoms with Gasteiger partial charge in [-0.05, 0) is 48.2 Å². The number of rotatable bonds is 7. The van der Waals surface area contributed by atoms with Gasteiger partial charge in [-0.1, -0.05) is 32.0 Å². The van der Waals surface area contributed by atoms with Gasteiger partial charge in [-0.3, -0.25) is 9.59 Å². The highest BCUT2D eigenvalue weighted by molar-refractivity contribution is 6.13. The maximum Gasteiger partial charge on any atom is 0.170 e. The van der Waals surface area contributed by atoms with E-state index in [1.807, 2.05) is 18.2 Å². The first kappa shape index (κ1) is 16.9. The van der Waals surface area contributed by atoms with Gasteiger partial charge in [-0.25, -0.2) is 0 Å². The van der Waals surface area contributed by atoms with E-state index in [0.29, 0.717) is 22.8 Å². The number of ether oxygens (including phenoxy) is 1. The van der Waals surface area contributed by atoms with Crippen LogP contribution in [0.4, 0.5) is 0 Å². The molecule has 2 aromatic rings. The van der Waals surface area contributed by atoms with E-state index in [-0.39, 0.29) is 18.0 Å². The molecule has 0 radical (unpaired) electrons. The lowest BCUT2D eigenvalue weighted by atomic mass is 9.94. The fraction of sp³-hybridized carbons (Fsp3) is 0.300. The van der Waals surface area contributed by atoms with Gasteiger partial charge in [-0.2, -0.15) is 0 Å². The number of hydrogen-bond acceptors (Lipinski definition) is 3. The fourth-order valence-electron chi connectivity index (χ4n) is 2.38. The first-order valence-corrected chi connectivity index (χ1v) is 7.85. The van der Waals surface area contributed by atoms with Crippen LogP contribution in [0, 0.1) is 0 Å². The summed E-state index contributed by atoms with van der Waals surface area (Å²) < 4.78 is 5.07. The van der Waals surface area contributed by atoms with Crippen LogP contribution in [0.2, 0.25) is 0 Å². The highest BCUT2D eigenvalue weighted by Crippen LogP contribution is 2.21. The van der Waals surface area contributed by atoms with E-state index in [1.54, 1.807) is 37.4 Å². The van der Waals surface area contributed by atoms with Gasteiger partial charge in [0, 0.05) is 11.1 Å². The van der Waals surface area contributed by atoms with Crippen molar-refractivity contribution in [3.63, 3.8) is 0 Å². The Morgan fingerprint density at radius 3 is 2.26 bits per heavy atom. The first-order chi connectivity index (χ1) is 11.0. The summed E-state index contributed by atoms with van der Waals surface area (Å²) in [6.45, 7) is 4.25. The Hall–Kier alpha value is -2.42. The first-order valence-electron chi connectivity index (χ1n) is 7.85. The maximum atomic E-state index is 12.4. The molecule has 1 atom stereocenters. The van der Waals surface area contributed by atoms with Gasteiger partial charge >= 0.3 is 0 Å². The third-order valence-electron chi connectivity index (χ3n) is 4.12. The molecular formula is C20H22O3. The molecule has 0 bridgehead atoms. The van der Waals surface area contributed by atoms with E-state index < -0.39 is 0 Å². The fourth-order valence-corrected chi connectivity index (χ4v) is 2.38. The third-order valence-corrected chi connectivity index (χ3v) is 4.12. The summed E-state index contributed by atoms with van der Waals surface area (Å²) in [7, 11) is 1.57. The minimum atomic E-state index is -0.174. The van der Waals surface area contributed by atoms with Crippen molar-refractivity contribution in [3.05, 3.63) is 65.2 Å². The zero-order valence-electron chi connectivity index (χ0n) is 13.8. The molecule has 23 heavy (non-hydrogen) atoms. The zero-order chi connectivity index (χ0) is 16.8. The number of ketones is 2. The Kier molecular flexibility index (Phi) is 5.69. The molecular weight excluding hydrogens is 288 g/mol. The lowest BCUT2D eigenvalue weighted by Crippen LogP contribution is -2.09. The molecule has 0 N–H and O–H groups in total. The van der Waals surface area contributed by atoms with E-state index in [9.17, 15) is 9.59 Å². The molecule has 0 spiro atoms. The summed E-state index contributed by atoms with van der Waals surface area (Å²) in [6, 6.07) is 14.4. The van der Waals surface area contributed by atoms with Crippen molar-refractivity contribution in [2.24, 2.45) is 0 Å². The summed E-state index contributed by atoms with van der Waals surface area (Å²) in [5.41, 5.74) is 2.26. The lowest BCUT2D eigenvalue weighted by molar-refractivity contribution is 0.0894. The van der Waals surface area contributed by atoms with Crippen LogP contribution in [-0.2, 0) is 0 Å². The van der Waals surface area contributed by atoms with Gasteiger partial charge in [0.05, 0.1) is 13.5 Å². The molecule has 2 aromatic carbocycles. The van der Waals surface area contributed by atoms with Crippen LogP contribution in [-0.4, -0.2) is 18.7 Å². The summed E-state index contributed by atoms with van der Waals surface area (Å²) in [5.74, 6) is 0.775. The number of benzene rings is 2. The van der Waals surface area contributed by atoms with Gasteiger partial charge in [0.15, 0.2) is 11.6 Å². The van der Waals surface area contributed by atoms with Crippen molar-refractivity contribution in [1.82, 2.24) is 0 Å².